The van der Waals surface area contributed by atoms with E-state index >= 15 is 0 Å². The number of nitrogens with one attached hydrogen (secondary N) is 1. The third-order valence-corrected chi connectivity index (χ3v) is 3.46. The van der Waals surface area contributed by atoms with Gasteiger partial charge in [0.05, 0.1) is 16.6 Å². The Morgan fingerprint density at radius 1 is 1.13 bits per heavy atom. The van der Waals surface area contributed by atoms with Gasteiger partial charge in [0.25, 0.3) is 5.56 Å². The number of aromatic amines is 1. The van der Waals surface area contributed by atoms with E-state index in [9.17, 15) is 18.4 Å². The number of nitrogens with zero attached hydrogens (tertiary/aromatic N) is 1. The molecule has 116 valence electrons. The zero-order chi connectivity index (χ0) is 16.6. The molecule has 0 saturated carbocycles. The van der Waals surface area contributed by atoms with Crippen LogP contribution >= 0.6 is 0 Å². The van der Waals surface area contributed by atoms with Crippen molar-refractivity contribution in [3.63, 3.8) is 0 Å². The van der Waals surface area contributed by atoms with Gasteiger partial charge in [0.15, 0.2) is 0 Å². The lowest BCUT2D eigenvalue weighted by Crippen LogP contribution is -2.14. The lowest BCUT2D eigenvalue weighted by atomic mass is 10.0. The minimum absolute atomic E-state index is 0.0504. The topological polar surface area (TPSA) is 83.0 Å². The Morgan fingerprint density at radius 2 is 1.83 bits per heavy atom. The first-order valence-corrected chi connectivity index (χ1v) is 6.65. The molecule has 2 aromatic carbocycles. The zero-order valence-corrected chi connectivity index (χ0v) is 11.6. The predicted molar refractivity (Wildman–Crippen MR) is 78.5 cm³/mol. The van der Waals surface area contributed by atoms with Crippen LogP contribution in [0.3, 0.4) is 0 Å². The van der Waals surface area contributed by atoms with Crippen molar-refractivity contribution in [1.29, 1.82) is 0 Å². The number of carboxylic acid groups (broad SMARTS) is 1. The first-order valence-electron chi connectivity index (χ1n) is 6.65. The fraction of sp³-hybridized carbons (Fsp3) is 0.0625. The normalized spacial score (nSPS) is 10.9. The van der Waals surface area contributed by atoms with Crippen molar-refractivity contribution >= 4 is 16.7 Å². The quantitative estimate of drug-likeness (QED) is 0.777. The summed E-state index contributed by atoms with van der Waals surface area (Å²) in [5.41, 5.74) is -0.0727. The number of aromatic nitrogens is 2. The van der Waals surface area contributed by atoms with E-state index in [1.807, 2.05) is 0 Å². The molecule has 0 aliphatic rings. The van der Waals surface area contributed by atoms with E-state index in [1.165, 1.54) is 12.1 Å². The van der Waals surface area contributed by atoms with E-state index in [-0.39, 0.29) is 23.1 Å². The van der Waals surface area contributed by atoms with Gasteiger partial charge in [-0.2, -0.15) is 5.10 Å². The number of carboxylic acids is 1. The molecular weight excluding hydrogens is 306 g/mol. The summed E-state index contributed by atoms with van der Waals surface area (Å²) < 4.78 is 27.9. The van der Waals surface area contributed by atoms with Gasteiger partial charge in [-0.25, -0.2) is 18.7 Å². The molecule has 0 bridgehead atoms. The molecule has 3 aromatic rings. The second-order valence-corrected chi connectivity index (χ2v) is 4.96. The van der Waals surface area contributed by atoms with Crippen molar-refractivity contribution in [3.8, 4) is 0 Å². The van der Waals surface area contributed by atoms with Crippen LogP contribution in [0.15, 0.2) is 41.2 Å². The molecule has 23 heavy (non-hydrogen) atoms. The summed E-state index contributed by atoms with van der Waals surface area (Å²) in [6.45, 7) is 0. The molecule has 3 rings (SSSR count). The molecule has 0 aliphatic carbocycles. The van der Waals surface area contributed by atoms with Crippen LogP contribution < -0.4 is 5.56 Å². The lowest BCUT2D eigenvalue weighted by Gasteiger charge is -2.07. The molecule has 0 radical (unpaired) electrons. The van der Waals surface area contributed by atoms with Crippen LogP contribution in [0.5, 0.6) is 0 Å². The van der Waals surface area contributed by atoms with Crippen molar-refractivity contribution in [1.82, 2.24) is 10.2 Å². The first-order chi connectivity index (χ1) is 11.0. The highest BCUT2D eigenvalue weighted by Gasteiger charge is 2.16. The fourth-order valence-electron chi connectivity index (χ4n) is 2.42. The van der Waals surface area contributed by atoms with Crippen LogP contribution in [0.25, 0.3) is 10.8 Å². The molecule has 5 nitrogen and oxygen atoms in total. The highest BCUT2D eigenvalue weighted by Crippen LogP contribution is 2.22. The van der Waals surface area contributed by atoms with Crippen molar-refractivity contribution < 1.29 is 18.7 Å². The Labute approximate surface area is 128 Å². The van der Waals surface area contributed by atoms with Gasteiger partial charge in [0, 0.05) is 11.8 Å². The minimum atomic E-state index is -1.09. The van der Waals surface area contributed by atoms with Crippen LogP contribution in [0.2, 0.25) is 0 Å². The van der Waals surface area contributed by atoms with Crippen molar-refractivity contribution in [2.24, 2.45) is 0 Å². The van der Waals surface area contributed by atoms with Crippen LogP contribution in [-0.4, -0.2) is 21.3 Å². The Kier molecular flexibility index (Phi) is 3.61. The predicted octanol–water partition coefficient (Wildman–Crippen LogP) is 2.49. The van der Waals surface area contributed by atoms with Crippen molar-refractivity contribution in [3.05, 3.63) is 75.2 Å². The van der Waals surface area contributed by atoms with Gasteiger partial charge in [-0.05, 0) is 29.8 Å². The van der Waals surface area contributed by atoms with Crippen molar-refractivity contribution in [2.75, 3.05) is 0 Å². The summed E-state index contributed by atoms with van der Waals surface area (Å²) >= 11 is 0. The summed E-state index contributed by atoms with van der Waals surface area (Å²) in [5.74, 6) is -2.70. The van der Waals surface area contributed by atoms with Gasteiger partial charge >= 0.3 is 5.97 Å². The van der Waals surface area contributed by atoms with Gasteiger partial charge < -0.3 is 5.11 Å². The van der Waals surface area contributed by atoms with Gasteiger partial charge in [0.2, 0.25) is 0 Å². The average Bonchev–Trinajstić information content (AvgIpc) is 2.53. The number of carbonyl (C=O) groups is 1. The van der Waals surface area contributed by atoms with Crippen LogP contribution in [-0.2, 0) is 6.42 Å². The minimum Gasteiger partial charge on any atom is -0.478 e. The van der Waals surface area contributed by atoms with Crippen LogP contribution in [0, 0.1) is 11.6 Å². The number of hydrogen-bond acceptors (Lipinski definition) is 3. The number of fused-ring (bicyclic) bond motifs is 1. The van der Waals surface area contributed by atoms with Gasteiger partial charge in [-0.3, -0.25) is 4.79 Å². The second-order valence-electron chi connectivity index (χ2n) is 4.96. The molecule has 0 atom stereocenters. The molecular formula is C16H10F2N2O3. The molecule has 0 amide bonds. The monoisotopic (exact) mass is 316 g/mol. The number of benzene rings is 2. The summed E-state index contributed by atoms with van der Waals surface area (Å²) in [6.07, 6.45) is 0.0504. The third-order valence-electron chi connectivity index (χ3n) is 3.46. The molecule has 7 heteroatoms. The van der Waals surface area contributed by atoms with E-state index in [1.54, 1.807) is 12.1 Å². The standard InChI is InChI=1S/C16H10F2N2O3/c17-10-4-5-11(18)14-13(10)12(19-20-15(14)21)7-8-2-1-3-9(6-8)16(22)23/h1-6H,7H2,(H,20,21)(H,22,23). The number of halogens is 2. The summed E-state index contributed by atoms with van der Waals surface area (Å²) in [7, 11) is 0. The van der Waals surface area contributed by atoms with Crippen LogP contribution in [0.4, 0.5) is 8.78 Å². The molecule has 1 heterocycles. The van der Waals surface area contributed by atoms with Crippen LogP contribution in [0.1, 0.15) is 21.6 Å². The highest BCUT2D eigenvalue weighted by atomic mass is 19.1. The number of aromatic carboxylic acids is 1. The maximum atomic E-state index is 14.1. The smallest absolute Gasteiger partial charge is 0.335 e. The molecule has 1 aromatic heterocycles. The third kappa shape index (κ3) is 2.68. The molecule has 0 fully saturated rings. The number of hydrogen-bond donors (Lipinski definition) is 2. The Morgan fingerprint density at radius 3 is 2.52 bits per heavy atom. The average molecular weight is 316 g/mol. The summed E-state index contributed by atoms with van der Waals surface area (Å²) in [6, 6.07) is 7.83. The Bertz CT molecular complexity index is 983. The van der Waals surface area contributed by atoms with Gasteiger partial charge in [-0.1, -0.05) is 12.1 Å². The molecule has 0 unspecified atom stereocenters. The summed E-state index contributed by atoms with van der Waals surface area (Å²) in [5, 5.41) is 14.3. The van der Waals surface area contributed by atoms with E-state index < -0.39 is 28.5 Å². The maximum Gasteiger partial charge on any atom is 0.335 e. The zero-order valence-electron chi connectivity index (χ0n) is 11.6. The number of rotatable bonds is 3. The fourth-order valence-corrected chi connectivity index (χ4v) is 2.42. The highest BCUT2D eigenvalue weighted by molar-refractivity contribution is 5.88. The molecule has 0 spiro atoms. The van der Waals surface area contributed by atoms with Gasteiger partial charge in [-0.15, -0.1) is 0 Å². The van der Waals surface area contributed by atoms with E-state index in [0.29, 0.717) is 5.56 Å². The van der Waals surface area contributed by atoms with E-state index in [0.717, 1.165) is 12.1 Å². The molecule has 0 aliphatic heterocycles. The molecule has 2 N–H and O–H groups in total. The Balaban J connectivity index is 2.16. The largest absolute Gasteiger partial charge is 0.478 e. The molecule has 0 saturated heterocycles. The lowest BCUT2D eigenvalue weighted by molar-refractivity contribution is 0.0696. The van der Waals surface area contributed by atoms with Gasteiger partial charge in [0.1, 0.15) is 11.6 Å². The Hall–Kier alpha value is -3.09. The van der Waals surface area contributed by atoms with Crippen molar-refractivity contribution in [2.45, 2.75) is 6.42 Å². The van der Waals surface area contributed by atoms with E-state index in [2.05, 4.69) is 10.2 Å². The maximum absolute atomic E-state index is 14.1. The number of H-pyrrole nitrogens is 1. The van der Waals surface area contributed by atoms with E-state index in [4.69, 9.17) is 5.11 Å². The summed E-state index contributed by atoms with van der Waals surface area (Å²) in [4.78, 5) is 22.7. The second kappa shape index (κ2) is 5.60. The first kappa shape index (κ1) is 14.8. The SMILES string of the molecule is O=C(O)c1cccc(Cc2n[nH]c(=O)c3c(F)ccc(F)c23)c1.